The maximum absolute atomic E-state index is 12.7. The zero-order valence-corrected chi connectivity index (χ0v) is 9.30. The maximum atomic E-state index is 12.7. The lowest BCUT2D eigenvalue weighted by molar-refractivity contribution is -0.126. The van der Waals surface area contributed by atoms with Gasteiger partial charge in [-0.25, -0.2) is 0 Å². The van der Waals surface area contributed by atoms with Gasteiger partial charge in [-0.2, -0.15) is 21.4 Å². The van der Waals surface area contributed by atoms with Gasteiger partial charge in [-0.05, 0) is 19.1 Å². The topological polar surface area (TPSA) is 43.4 Å². The van der Waals surface area contributed by atoms with E-state index in [2.05, 4.69) is 10.8 Å². The van der Waals surface area contributed by atoms with Crippen LogP contribution in [-0.4, -0.2) is 14.5 Å². The van der Waals surface area contributed by atoms with Crippen LogP contribution in [0.5, 0.6) is 0 Å². The summed E-state index contributed by atoms with van der Waals surface area (Å²) in [5.74, 6) is 0. The van der Waals surface area contributed by atoms with Gasteiger partial charge < -0.3 is 0 Å². The van der Waals surface area contributed by atoms with E-state index in [1.165, 1.54) is 24.3 Å². The van der Waals surface area contributed by atoms with Crippen molar-refractivity contribution >= 4 is 10.1 Å². The molecule has 6 heteroatoms. The second kappa shape index (κ2) is 4.31. The molecule has 0 aromatic heterocycles. The zero-order valence-electron chi connectivity index (χ0n) is 8.48. The van der Waals surface area contributed by atoms with Crippen molar-refractivity contribution in [1.29, 1.82) is 0 Å². The molecular formula is C10H10F2O3S. The van der Waals surface area contributed by atoms with Crippen LogP contribution in [0.15, 0.2) is 41.8 Å². The molecule has 0 N–H and O–H groups in total. The summed E-state index contributed by atoms with van der Waals surface area (Å²) in [4.78, 5) is -0.320. The summed E-state index contributed by atoms with van der Waals surface area (Å²) in [7, 11) is -4.47. The molecule has 0 unspecified atom stereocenters. The van der Waals surface area contributed by atoms with Crippen molar-refractivity contribution in [2.45, 2.75) is 17.9 Å². The van der Waals surface area contributed by atoms with E-state index in [1.54, 1.807) is 6.92 Å². The summed E-state index contributed by atoms with van der Waals surface area (Å²) in [5, 5.41) is 0. The molecular weight excluding hydrogens is 238 g/mol. The fourth-order valence-electron chi connectivity index (χ4n) is 0.933. The summed E-state index contributed by atoms with van der Waals surface area (Å²) in [6, 6.07) is 5.37. The molecule has 1 rings (SSSR count). The second-order valence-electron chi connectivity index (χ2n) is 3.12. The smallest absolute Gasteiger partial charge is 0.194 e. The first-order valence-corrected chi connectivity index (χ1v) is 5.71. The van der Waals surface area contributed by atoms with Gasteiger partial charge in [-0.3, -0.25) is 0 Å². The normalized spacial score (nSPS) is 12.4. The standard InChI is InChI=1S/C10H10F2O3S/c1-3-10(11,12)15-16(13,14)9-6-4-8(2)5-7-9/h3-7H,1H2,2H3. The van der Waals surface area contributed by atoms with E-state index in [9.17, 15) is 17.2 Å². The van der Waals surface area contributed by atoms with Crippen LogP contribution in [0, 0.1) is 6.92 Å². The minimum atomic E-state index is -4.47. The highest BCUT2D eigenvalue weighted by Gasteiger charge is 2.33. The summed E-state index contributed by atoms with van der Waals surface area (Å²) >= 11 is 0. The third-order valence-electron chi connectivity index (χ3n) is 1.77. The quantitative estimate of drug-likeness (QED) is 0.607. The molecule has 0 saturated carbocycles. The van der Waals surface area contributed by atoms with Gasteiger partial charge in [0.25, 0.3) is 0 Å². The number of aryl methyl sites for hydroxylation is 1. The van der Waals surface area contributed by atoms with E-state index in [0.717, 1.165) is 5.56 Å². The van der Waals surface area contributed by atoms with Crippen LogP contribution in [0.1, 0.15) is 5.56 Å². The number of rotatable bonds is 4. The molecule has 0 spiro atoms. The Bertz CT molecular complexity index is 477. The van der Waals surface area contributed by atoms with Gasteiger partial charge in [0, 0.05) is 6.08 Å². The summed E-state index contributed by atoms with van der Waals surface area (Å²) < 4.78 is 51.8. The first-order chi connectivity index (χ1) is 7.27. The highest BCUT2D eigenvalue weighted by molar-refractivity contribution is 7.86. The molecule has 1 aromatic rings. The molecule has 0 bridgehead atoms. The van der Waals surface area contributed by atoms with Crippen molar-refractivity contribution < 1.29 is 21.4 Å². The third kappa shape index (κ3) is 3.11. The summed E-state index contributed by atoms with van der Waals surface area (Å²) in [6.07, 6.45) is -3.78. The fraction of sp³-hybridized carbons (Fsp3) is 0.200. The Kier molecular flexibility index (Phi) is 3.44. The predicted octanol–water partition coefficient (Wildman–Crippen LogP) is 2.48. The molecule has 0 saturated heterocycles. The van der Waals surface area contributed by atoms with Crippen molar-refractivity contribution in [3.8, 4) is 0 Å². The highest BCUT2D eigenvalue weighted by atomic mass is 32.2. The number of benzene rings is 1. The van der Waals surface area contributed by atoms with Gasteiger partial charge in [0.15, 0.2) is 0 Å². The lowest BCUT2D eigenvalue weighted by atomic mass is 10.2. The molecule has 88 valence electrons. The largest absolute Gasteiger partial charge is 0.389 e. The summed E-state index contributed by atoms with van der Waals surface area (Å²) in [5.41, 5.74) is 0.814. The van der Waals surface area contributed by atoms with Gasteiger partial charge in [0.2, 0.25) is 0 Å². The van der Waals surface area contributed by atoms with Gasteiger partial charge in [-0.1, -0.05) is 24.3 Å². The first kappa shape index (κ1) is 12.8. The monoisotopic (exact) mass is 248 g/mol. The van der Waals surface area contributed by atoms with Gasteiger partial charge in [0.05, 0.1) is 4.90 Å². The van der Waals surface area contributed by atoms with Crippen molar-refractivity contribution in [1.82, 2.24) is 0 Å². The maximum Gasteiger partial charge on any atom is 0.389 e. The molecule has 16 heavy (non-hydrogen) atoms. The molecule has 0 radical (unpaired) electrons. The Morgan fingerprint density at radius 1 is 1.31 bits per heavy atom. The van der Waals surface area contributed by atoms with Crippen LogP contribution in [0.2, 0.25) is 0 Å². The van der Waals surface area contributed by atoms with Gasteiger partial charge >= 0.3 is 16.2 Å². The van der Waals surface area contributed by atoms with Crippen LogP contribution in [0.4, 0.5) is 8.78 Å². The molecule has 0 aliphatic carbocycles. The van der Waals surface area contributed by atoms with Crippen molar-refractivity contribution in [2.24, 2.45) is 0 Å². The van der Waals surface area contributed by atoms with E-state index in [-0.39, 0.29) is 11.0 Å². The molecule has 3 nitrogen and oxygen atoms in total. The van der Waals surface area contributed by atoms with E-state index in [4.69, 9.17) is 0 Å². The molecule has 0 amide bonds. The number of alkyl halides is 2. The van der Waals surface area contributed by atoms with Gasteiger partial charge in [-0.15, -0.1) is 0 Å². The number of halogens is 2. The van der Waals surface area contributed by atoms with Crippen LogP contribution in [0.25, 0.3) is 0 Å². The predicted molar refractivity (Wildman–Crippen MR) is 54.6 cm³/mol. The van der Waals surface area contributed by atoms with Crippen molar-refractivity contribution in [3.63, 3.8) is 0 Å². The SMILES string of the molecule is C=CC(F)(F)OS(=O)(=O)c1ccc(C)cc1. The minimum Gasteiger partial charge on any atom is -0.194 e. The average molecular weight is 248 g/mol. The van der Waals surface area contributed by atoms with Crippen LogP contribution in [0.3, 0.4) is 0 Å². The summed E-state index contributed by atoms with van der Waals surface area (Å²) in [6.45, 7) is 4.53. The lowest BCUT2D eigenvalue weighted by Crippen LogP contribution is -2.22. The molecule has 1 aromatic carbocycles. The molecule has 0 heterocycles. The van der Waals surface area contributed by atoms with E-state index in [0.29, 0.717) is 0 Å². The van der Waals surface area contributed by atoms with E-state index < -0.39 is 16.2 Å². The second-order valence-corrected chi connectivity index (χ2v) is 4.66. The van der Waals surface area contributed by atoms with E-state index >= 15 is 0 Å². The number of hydrogen-bond donors (Lipinski definition) is 0. The van der Waals surface area contributed by atoms with E-state index in [1.807, 2.05) is 0 Å². The van der Waals surface area contributed by atoms with Crippen LogP contribution < -0.4 is 0 Å². The lowest BCUT2D eigenvalue weighted by Gasteiger charge is -2.12. The Morgan fingerprint density at radius 2 is 1.81 bits per heavy atom. The van der Waals surface area contributed by atoms with Crippen LogP contribution in [-0.2, 0) is 14.3 Å². The Hall–Kier alpha value is -1.27. The number of hydrogen-bond acceptors (Lipinski definition) is 3. The van der Waals surface area contributed by atoms with Gasteiger partial charge in [0.1, 0.15) is 0 Å². The van der Waals surface area contributed by atoms with Crippen LogP contribution >= 0.6 is 0 Å². The fourth-order valence-corrected chi connectivity index (χ4v) is 1.86. The Morgan fingerprint density at radius 3 is 2.25 bits per heavy atom. The Labute approximate surface area is 92.5 Å². The molecule has 0 aliphatic rings. The molecule has 0 fully saturated rings. The van der Waals surface area contributed by atoms with Crippen molar-refractivity contribution in [3.05, 3.63) is 42.5 Å². The Balaban J connectivity index is 3.04. The highest BCUT2D eigenvalue weighted by Crippen LogP contribution is 2.24. The zero-order chi connectivity index (χ0) is 12.4. The third-order valence-corrected chi connectivity index (χ3v) is 3.06. The average Bonchev–Trinajstić information content (AvgIpc) is 2.17. The van der Waals surface area contributed by atoms with Crippen molar-refractivity contribution in [2.75, 3.05) is 0 Å². The molecule has 0 aliphatic heterocycles. The first-order valence-electron chi connectivity index (χ1n) is 4.30. The molecule has 0 atom stereocenters. The minimum absolute atomic E-state index is 0.124.